The number of benzene rings is 2. The molecule has 2 aromatic carbocycles. The molecule has 0 radical (unpaired) electrons. The Balaban J connectivity index is 0.00000363. The van der Waals surface area contributed by atoms with E-state index in [2.05, 4.69) is 50.4 Å². The Morgan fingerprint density at radius 2 is 1.59 bits per heavy atom. The summed E-state index contributed by atoms with van der Waals surface area (Å²) in [4.78, 5) is 9.29. The van der Waals surface area contributed by atoms with Crippen molar-refractivity contribution in [3.63, 3.8) is 0 Å². The standard InChI is InChI=1S/C24H34N4O3.HI/c1-5-31-23-21(29-3)15-20(16-22(23)30-4)17-26-24(25-2)28-13-11-27(12-14-28)18-19-9-7-6-8-10-19;/h6-10,15-16H,5,11-14,17-18H2,1-4H3,(H,25,26);1H. The lowest BCUT2D eigenvalue weighted by Gasteiger charge is -2.36. The smallest absolute Gasteiger partial charge is 0.203 e. The molecule has 32 heavy (non-hydrogen) atoms. The van der Waals surface area contributed by atoms with Gasteiger partial charge in [0.2, 0.25) is 5.75 Å². The first-order valence-electron chi connectivity index (χ1n) is 10.8. The fourth-order valence-electron chi connectivity index (χ4n) is 3.80. The molecule has 0 aromatic heterocycles. The van der Waals surface area contributed by atoms with Gasteiger partial charge in [0, 0.05) is 46.3 Å². The number of guanidine groups is 1. The first-order valence-corrected chi connectivity index (χ1v) is 10.8. The van der Waals surface area contributed by atoms with Crippen LogP contribution in [0, 0.1) is 0 Å². The maximum atomic E-state index is 5.69. The lowest BCUT2D eigenvalue weighted by Crippen LogP contribution is -2.52. The molecule has 1 N–H and O–H groups in total. The summed E-state index contributed by atoms with van der Waals surface area (Å²) < 4.78 is 16.7. The first kappa shape index (κ1) is 26.1. The van der Waals surface area contributed by atoms with Crippen LogP contribution in [0.1, 0.15) is 18.1 Å². The summed E-state index contributed by atoms with van der Waals surface area (Å²) in [6.45, 7) is 8.03. The van der Waals surface area contributed by atoms with E-state index in [0.29, 0.717) is 30.4 Å². The molecule has 1 aliphatic heterocycles. The van der Waals surface area contributed by atoms with E-state index in [4.69, 9.17) is 14.2 Å². The molecule has 0 saturated carbocycles. The predicted octanol–water partition coefficient (Wildman–Crippen LogP) is 3.61. The van der Waals surface area contributed by atoms with Gasteiger partial charge >= 0.3 is 0 Å². The van der Waals surface area contributed by atoms with Crippen LogP contribution in [0.4, 0.5) is 0 Å². The van der Waals surface area contributed by atoms with Gasteiger partial charge in [0.25, 0.3) is 0 Å². The lowest BCUT2D eigenvalue weighted by atomic mass is 10.1. The minimum absolute atomic E-state index is 0. The second kappa shape index (κ2) is 13.4. The number of nitrogens with zero attached hydrogens (tertiary/aromatic N) is 3. The zero-order valence-electron chi connectivity index (χ0n) is 19.5. The molecule has 7 nitrogen and oxygen atoms in total. The Hall–Kier alpha value is -2.20. The van der Waals surface area contributed by atoms with E-state index in [1.54, 1.807) is 14.2 Å². The maximum Gasteiger partial charge on any atom is 0.203 e. The molecular weight excluding hydrogens is 519 g/mol. The molecule has 1 saturated heterocycles. The number of halogens is 1. The van der Waals surface area contributed by atoms with Crippen LogP contribution >= 0.6 is 24.0 Å². The van der Waals surface area contributed by atoms with Crippen molar-refractivity contribution in [1.82, 2.24) is 15.1 Å². The van der Waals surface area contributed by atoms with Crippen LogP contribution in [-0.2, 0) is 13.1 Å². The molecule has 0 spiro atoms. The van der Waals surface area contributed by atoms with Crippen LogP contribution in [-0.4, -0.2) is 69.8 Å². The van der Waals surface area contributed by atoms with Gasteiger partial charge in [0.1, 0.15) is 0 Å². The Morgan fingerprint density at radius 1 is 0.969 bits per heavy atom. The van der Waals surface area contributed by atoms with E-state index in [9.17, 15) is 0 Å². The molecule has 3 rings (SSSR count). The third-order valence-corrected chi connectivity index (χ3v) is 5.39. The molecule has 0 amide bonds. The first-order chi connectivity index (χ1) is 15.2. The van der Waals surface area contributed by atoms with Crippen molar-refractivity contribution >= 4 is 29.9 Å². The molecule has 1 fully saturated rings. The largest absolute Gasteiger partial charge is 0.493 e. The monoisotopic (exact) mass is 554 g/mol. The van der Waals surface area contributed by atoms with Gasteiger partial charge in [-0.15, -0.1) is 24.0 Å². The SMILES string of the molecule is CCOc1c(OC)cc(CNC(=NC)N2CCN(Cc3ccccc3)CC2)cc1OC.I. The molecule has 0 atom stereocenters. The highest BCUT2D eigenvalue weighted by molar-refractivity contribution is 14.0. The number of hydrogen-bond donors (Lipinski definition) is 1. The predicted molar refractivity (Wildman–Crippen MR) is 140 cm³/mol. The summed E-state index contributed by atoms with van der Waals surface area (Å²) in [5, 5.41) is 3.48. The van der Waals surface area contributed by atoms with Crippen LogP contribution in [0.15, 0.2) is 47.5 Å². The van der Waals surface area contributed by atoms with E-state index < -0.39 is 0 Å². The Bertz CT molecular complexity index is 831. The number of aliphatic imine (C=N–C) groups is 1. The van der Waals surface area contributed by atoms with Crippen molar-refractivity contribution in [1.29, 1.82) is 0 Å². The fourth-order valence-corrected chi connectivity index (χ4v) is 3.80. The Morgan fingerprint density at radius 3 is 2.12 bits per heavy atom. The molecule has 0 bridgehead atoms. The minimum Gasteiger partial charge on any atom is -0.493 e. The van der Waals surface area contributed by atoms with Gasteiger partial charge in [-0.2, -0.15) is 0 Å². The number of methoxy groups -OCH3 is 2. The highest BCUT2D eigenvalue weighted by atomic mass is 127. The van der Waals surface area contributed by atoms with Gasteiger partial charge in [-0.1, -0.05) is 30.3 Å². The average Bonchev–Trinajstić information content (AvgIpc) is 2.81. The van der Waals surface area contributed by atoms with E-state index >= 15 is 0 Å². The van der Waals surface area contributed by atoms with Crippen LogP contribution in [0.3, 0.4) is 0 Å². The zero-order chi connectivity index (χ0) is 22.1. The van der Waals surface area contributed by atoms with Crippen molar-refractivity contribution in [2.24, 2.45) is 4.99 Å². The second-order valence-electron chi connectivity index (χ2n) is 7.41. The van der Waals surface area contributed by atoms with Crippen molar-refractivity contribution in [2.75, 3.05) is 54.1 Å². The van der Waals surface area contributed by atoms with Crippen LogP contribution in [0.5, 0.6) is 17.2 Å². The highest BCUT2D eigenvalue weighted by Gasteiger charge is 2.20. The Kier molecular flexibility index (Phi) is 10.9. The van der Waals surface area contributed by atoms with Gasteiger partial charge in [0.05, 0.1) is 20.8 Å². The summed E-state index contributed by atoms with van der Waals surface area (Å²) >= 11 is 0. The van der Waals surface area contributed by atoms with E-state index in [1.165, 1.54) is 5.56 Å². The van der Waals surface area contributed by atoms with Gasteiger partial charge in [-0.05, 0) is 30.2 Å². The number of hydrogen-bond acceptors (Lipinski definition) is 5. The number of piperazine rings is 1. The van der Waals surface area contributed by atoms with E-state index in [-0.39, 0.29) is 24.0 Å². The number of nitrogens with one attached hydrogen (secondary N) is 1. The highest BCUT2D eigenvalue weighted by Crippen LogP contribution is 2.38. The van der Waals surface area contributed by atoms with E-state index in [0.717, 1.165) is 44.2 Å². The molecule has 0 unspecified atom stereocenters. The van der Waals surface area contributed by atoms with Gasteiger partial charge in [0.15, 0.2) is 17.5 Å². The summed E-state index contributed by atoms with van der Waals surface area (Å²) in [5.74, 6) is 2.88. The second-order valence-corrected chi connectivity index (χ2v) is 7.41. The maximum absolute atomic E-state index is 5.69. The molecule has 1 aliphatic rings. The minimum atomic E-state index is 0. The third-order valence-electron chi connectivity index (χ3n) is 5.39. The van der Waals surface area contributed by atoms with Crippen LogP contribution in [0.2, 0.25) is 0 Å². The van der Waals surface area contributed by atoms with Gasteiger partial charge in [-0.3, -0.25) is 9.89 Å². The number of rotatable bonds is 8. The zero-order valence-corrected chi connectivity index (χ0v) is 21.8. The fraction of sp³-hybridized carbons (Fsp3) is 0.458. The molecule has 176 valence electrons. The van der Waals surface area contributed by atoms with Crippen LogP contribution in [0.25, 0.3) is 0 Å². The summed E-state index contributed by atoms with van der Waals surface area (Å²) in [7, 11) is 5.11. The van der Waals surface area contributed by atoms with Crippen molar-refractivity contribution in [3.8, 4) is 17.2 Å². The topological polar surface area (TPSA) is 58.6 Å². The van der Waals surface area contributed by atoms with Crippen molar-refractivity contribution < 1.29 is 14.2 Å². The molecular formula is C24H35IN4O3. The number of ether oxygens (including phenoxy) is 3. The normalized spacial score (nSPS) is 14.5. The quantitative estimate of drug-likeness (QED) is 0.306. The Labute approximate surface area is 208 Å². The van der Waals surface area contributed by atoms with Gasteiger partial charge in [-0.25, -0.2) is 0 Å². The van der Waals surface area contributed by atoms with Crippen molar-refractivity contribution in [3.05, 3.63) is 53.6 Å². The summed E-state index contributed by atoms with van der Waals surface area (Å²) in [5.41, 5.74) is 2.40. The van der Waals surface area contributed by atoms with Gasteiger partial charge < -0.3 is 24.4 Å². The third kappa shape index (κ3) is 6.90. The summed E-state index contributed by atoms with van der Waals surface area (Å²) in [6, 6.07) is 14.6. The van der Waals surface area contributed by atoms with Crippen molar-refractivity contribution in [2.45, 2.75) is 20.0 Å². The molecule has 1 heterocycles. The molecule has 2 aromatic rings. The summed E-state index contributed by atoms with van der Waals surface area (Å²) in [6.07, 6.45) is 0. The van der Waals surface area contributed by atoms with Crippen LogP contribution < -0.4 is 19.5 Å². The average molecular weight is 554 g/mol. The lowest BCUT2D eigenvalue weighted by molar-refractivity contribution is 0.172. The van der Waals surface area contributed by atoms with E-state index in [1.807, 2.05) is 26.1 Å². The molecule has 8 heteroatoms. The molecule has 0 aliphatic carbocycles.